The van der Waals surface area contributed by atoms with Gasteiger partial charge in [-0.3, -0.25) is 14.5 Å². The van der Waals surface area contributed by atoms with Crippen molar-refractivity contribution in [3.8, 4) is 11.5 Å². The fourth-order valence-electron chi connectivity index (χ4n) is 1.65. The Morgan fingerprint density at radius 1 is 1.05 bits per heavy atom. The first kappa shape index (κ1) is 14.8. The van der Waals surface area contributed by atoms with E-state index in [-0.39, 0.29) is 24.5 Å². The van der Waals surface area contributed by atoms with Gasteiger partial charge in [0.15, 0.2) is 11.5 Å². The number of carboxylic acids is 2. The molecule has 0 aliphatic rings. The van der Waals surface area contributed by atoms with Crippen molar-refractivity contribution in [2.24, 2.45) is 0 Å². The molecule has 0 atom stereocenters. The van der Waals surface area contributed by atoms with Crippen molar-refractivity contribution in [2.45, 2.75) is 6.42 Å². The number of hydrogen-bond donors (Lipinski definition) is 4. The lowest BCUT2D eigenvalue weighted by atomic mass is 10.1. The summed E-state index contributed by atoms with van der Waals surface area (Å²) in [5.41, 5.74) is 0.431. The Morgan fingerprint density at radius 2 is 1.63 bits per heavy atom. The predicted molar refractivity (Wildman–Crippen MR) is 65.2 cm³/mol. The summed E-state index contributed by atoms with van der Waals surface area (Å²) in [6, 6.07) is 4.45. The SMILES string of the molecule is O=C(O)CN(CCc1cccc(O)c1O)CC(=O)O. The molecule has 0 heterocycles. The molecule has 0 radical (unpaired) electrons. The van der Waals surface area contributed by atoms with Crippen LogP contribution >= 0.6 is 0 Å². The van der Waals surface area contributed by atoms with Gasteiger partial charge < -0.3 is 20.4 Å². The molecule has 0 saturated carbocycles. The average molecular weight is 269 g/mol. The minimum atomic E-state index is -1.12. The molecule has 0 aliphatic carbocycles. The highest BCUT2D eigenvalue weighted by Gasteiger charge is 2.14. The highest BCUT2D eigenvalue weighted by molar-refractivity contribution is 5.72. The number of phenolic OH excluding ortho intramolecular Hbond substituents is 2. The molecule has 0 aromatic heterocycles. The summed E-state index contributed by atoms with van der Waals surface area (Å²) >= 11 is 0. The third-order valence-electron chi connectivity index (χ3n) is 2.51. The van der Waals surface area contributed by atoms with Crippen LogP contribution < -0.4 is 0 Å². The Morgan fingerprint density at radius 3 is 2.16 bits per heavy atom. The second-order valence-corrected chi connectivity index (χ2v) is 4.03. The quantitative estimate of drug-likeness (QED) is 0.519. The van der Waals surface area contributed by atoms with E-state index in [1.54, 1.807) is 12.1 Å². The maximum Gasteiger partial charge on any atom is 0.317 e. The number of carbonyl (C=O) groups is 2. The van der Waals surface area contributed by atoms with Gasteiger partial charge in [0.05, 0.1) is 13.1 Å². The first-order valence-electron chi connectivity index (χ1n) is 5.56. The molecule has 19 heavy (non-hydrogen) atoms. The van der Waals surface area contributed by atoms with Crippen LogP contribution in [0.15, 0.2) is 18.2 Å². The number of carboxylic acid groups (broad SMARTS) is 2. The molecule has 104 valence electrons. The standard InChI is InChI=1S/C12H15NO6/c14-9-3-1-2-8(12(9)19)4-5-13(6-10(15)16)7-11(17)18/h1-3,14,19H,4-7H2,(H,15,16)(H,17,18). The van der Waals surface area contributed by atoms with Gasteiger partial charge in [0.25, 0.3) is 0 Å². The van der Waals surface area contributed by atoms with E-state index in [4.69, 9.17) is 10.2 Å². The number of benzene rings is 1. The fraction of sp³-hybridized carbons (Fsp3) is 0.333. The summed E-state index contributed by atoms with van der Waals surface area (Å²) in [7, 11) is 0. The van der Waals surface area contributed by atoms with Crippen LogP contribution in [0.4, 0.5) is 0 Å². The molecule has 0 bridgehead atoms. The van der Waals surface area contributed by atoms with Gasteiger partial charge in [-0.1, -0.05) is 12.1 Å². The summed E-state index contributed by atoms with van der Waals surface area (Å²) in [5, 5.41) is 36.2. The van der Waals surface area contributed by atoms with Crippen LogP contribution in [0.1, 0.15) is 5.56 Å². The van der Waals surface area contributed by atoms with Crippen molar-refractivity contribution >= 4 is 11.9 Å². The van der Waals surface area contributed by atoms with Crippen molar-refractivity contribution in [2.75, 3.05) is 19.6 Å². The number of para-hydroxylation sites is 1. The highest BCUT2D eigenvalue weighted by Crippen LogP contribution is 2.28. The molecule has 4 N–H and O–H groups in total. The molecule has 0 aliphatic heterocycles. The average Bonchev–Trinajstić information content (AvgIpc) is 2.29. The molecule has 1 rings (SSSR count). The molecule has 0 saturated heterocycles. The molecule has 0 fully saturated rings. The summed E-state index contributed by atoms with van der Waals surface area (Å²) in [6.07, 6.45) is 0.237. The summed E-state index contributed by atoms with van der Waals surface area (Å²) in [6.45, 7) is -0.645. The number of rotatable bonds is 7. The van der Waals surface area contributed by atoms with Gasteiger partial charge in [-0.05, 0) is 18.1 Å². The van der Waals surface area contributed by atoms with Gasteiger partial charge in [0, 0.05) is 6.54 Å². The summed E-state index contributed by atoms with van der Waals surface area (Å²) < 4.78 is 0. The largest absolute Gasteiger partial charge is 0.504 e. The second kappa shape index (κ2) is 6.60. The minimum absolute atomic E-state index is 0.148. The van der Waals surface area contributed by atoms with Gasteiger partial charge in [-0.25, -0.2) is 0 Å². The van der Waals surface area contributed by atoms with Crippen LogP contribution in [0.25, 0.3) is 0 Å². The van der Waals surface area contributed by atoms with Gasteiger partial charge in [-0.2, -0.15) is 0 Å². The zero-order valence-electron chi connectivity index (χ0n) is 10.1. The molecular weight excluding hydrogens is 254 g/mol. The van der Waals surface area contributed by atoms with Gasteiger partial charge in [0.1, 0.15) is 0 Å². The normalized spacial score (nSPS) is 10.6. The third kappa shape index (κ3) is 4.84. The van der Waals surface area contributed by atoms with E-state index >= 15 is 0 Å². The van der Waals surface area contributed by atoms with E-state index in [0.717, 1.165) is 0 Å². The van der Waals surface area contributed by atoms with E-state index in [1.165, 1.54) is 11.0 Å². The van der Waals surface area contributed by atoms with Crippen LogP contribution in [-0.2, 0) is 16.0 Å². The number of hydrogen-bond acceptors (Lipinski definition) is 5. The number of aliphatic carboxylic acids is 2. The first-order chi connectivity index (χ1) is 8.90. The smallest absolute Gasteiger partial charge is 0.317 e. The Balaban J connectivity index is 2.67. The van der Waals surface area contributed by atoms with E-state index in [9.17, 15) is 19.8 Å². The Labute approximate surface area is 109 Å². The Hall–Kier alpha value is -2.28. The number of aromatic hydroxyl groups is 2. The predicted octanol–water partition coefficient (Wildman–Crippen LogP) is 0.111. The van der Waals surface area contributed by atoms with E-state index in [0.29, 0.717) is 5.56 Å². The van der Waals surface area contributed by atoms with Crippen molar-refractivity contribution < 1.29 is 30.0 Å². The molecule has 7 heteroatoms. The maximum atomic E-state index is 10.6. The van der Waals surface area contributed by atoms with Gasteiger partial charge in [-0.15, -0.1) is 0 Å². The van der Waals surface area contributed by atoms with Crippen molar-refractivity contribution in [3.63, 3.8) is 0 Å². The third-order valence-corrected chi connectivity index (χ3v) is 2.51. The second-order valence-electron chi connectivity index (χ2n) is 4.03. The zero-order chi connectivity index (χ0) is 14.4. The van der Waals surface area contributed by atoms with E-state index in [1.807, 2.05) is 0 Å². The lowest BCUT2D eigenvalue weighted by molar-refractivity contribution is -0.141. The highest BCUT2D eigenvalue weighted by atomic mass is 16.4. The van der Waals surface area contributed by atoms with Crippen molar-refractivity contribution in [3.05, 3.63) is 23.8 Å². The number of nitrogens with zero attached hydrogens (tertiary/aromatic N) is 1. The lowest BCUT2D eigenvalue weighted by Crippen LogP contribution is -2.35. The molecule has 0 amide bonds. The molecular formula is C12H15NO6. The summed E-state index contributed by atoms with van der Waals surface area (Å²) in [5.74, 6) is -2.78. The molecule has 0 spiro atoms. The fourth-order valence-corrected chi connectivity index (χ4v) is 1.65. The van der Waals surface area contributed by atoms with E-state index < -0.39 is 25.0 Å². The molecule has 1 aromatic rings. The molecule has 7 nitrogen and oxygen atoms in total. The monoisotopic (exact) mass is 269 g/mol. The minimum Gasteiger partial charge on any atom is -0.504 e. The van der Waals surface area contributed by atoms with Crippen LogP contribution in [-0.4, -0.2) is 56.9 Å². The molecule has 1 aromatic carbocycles. The van der Waals surface area contributed by atoms with E-state index in [2.05, 4.69) is 0 Å². The zero-order valence-corrected chi connectivity index (χ0v) is 10.1. The van der Waals surface area contributed by atoms with Crippen molar-refractivity contribution in [1.82, 2.24) is 4.90 Å². The summed E-state index contributed by atoms with van der Waals surface area (Å²) in [4.78, 5) is 22.4. The van der Waals surface area contributed by atoms with Crippen molar-refractivity contribution in [1.29, 1.82) is 0 Å². The maximum absolute atomic E-state index is 10.6. The van der Waals surface area contributed by atoms with Crippen LogP contribution in [0.3, 0.4) is 0 Å². The topological polar surface area (TPSA) is 118 Å². The Kier molecular flexibility index (Phi) is 5.13. The first-order valence-corrected chi connectivity index (χ1v) is 5.56. The lowest BCUT2D eigenvalue weighted by Gasteiger charge is -2.18. The van der Waals surface area contributed by atoms with Gasteiger partial charge in [0.2, 0.25) is 0 Å². The van der Waals surface area contributed by atoms with Crippen LogP contribution in [0.5, 0.6) is 11.5 Å². The van der Waals surface area contributed by atoms with Crippen LogP contribution in [0, 0.1) is 0 Å². The van der Waals surface area contributed by atoms with Crippen LogP contribution in [0.2, 0.25) is 0 Å². The van der Waals surface area contributed by atoms with Gasteiger partial charge >= 0.3 is 11.9 Å². The molecule has 0 unspecified atom stereocenters. The number of phenols is 2. The Bertz CT molecular complexity index is 457.